The monoisotopic (exact) mass is 467 g/mol. The number of halogens is 3. The molecule has 0 bridgehead atoms. The van der Waals surface area contributed by atoms with Gasteiger partial charge in [-0.2, -0.15) is 13.2 Å². The molecule has 32 heavy (non-hydrogen) atoms. The number of amides is 1. The quantitative estimate of drug-likeness (QED) is 0.691. The molecular weight excluding hydrogens is 439 g/mol. The third-order valence-corrected chi connectivity index (χ3v) is 7.34. The molecule has 1 saturated heterocycles. The number of aromatic nitrogens is 2. The van der Waals surface area contributed by atoms with E-state index in [9.17, 15) is 18.0 Å². The normalized spacial score (nSPS) is 24.9. The van der Waals surface area contributed by atoms with E-state index < -0.39 is 17.2 Å². The Morgan fingerprint density at radius 3 is 2.66 bits per heavy atom. The zero-order chi connectivity index (χ0) is 22.8. The van der Waals surface area contributed by atoms with Crippen molar-refractivity contribution in [2.24, 2.45) is 0 Å². The highest BCUT2D eigenvalue weighted by atomic mass is 32.1. The summed E-state index contributed by atoms with van der Waals surface area (Å²) in [5, 5.41) is 5.11. The van der Waals surface area contributed by atoms with Crippen molar-refractivity contribution in [3.63, 3.8) is 0 Å². The van der Waals surface area contributed by atoms with E-state index in [1.807, 2.05) is 5.38 Å². The number of pyridine rings is 1. The largest absolute Gasteiger partial charge is 0.417 e. The van der Waals surface area contributed by atoms with Crippen molar-refractivity contribution in [3.8, 4) is 0 Å². The molecule has 1 aliphatic carbocycles. The summed E-state index contributed by atoms with van der Waals surface area (Å²) in [5.74, 6) is -0.211. The molecule has 0 spiro atoms. The van der Waals surface area contributed by atoms with Gasteiger partial charge >= 0.3 is 6.18 Å². The number of thiazole rings is 1. The number of alkyl halides is 3. The summed E-state index contributed by atoms with van der Waals surface area (Å²) in [6.45, 7) is 2.06. The van der Waals surface area contributed by atoms with Gasteiger partial charge in [0.1, 0.15) is 0 Å². The number of likely N-dealkylation sites (tertiary alicyclic amines) is 1. The molecular formula is C22H28F3N5OS. The van der Waals surface area contributed by atoms with Gasteiger partial charge < -0.3 is 16.0 Å². The maximum Gasteiger partial charge on any atom is 0.417 e. The average molecular weight is 468 g/mol. The first-order valence-electron chi connectivity index (χ1n) is 11.0. The molecule has 6 nitrogen and oxygen atoms in total. The van der Waals surface area contributed by atoms with Crippen LogP contribution >= 0.6 is 11.3 Å². The molecule has 4 rings (SSSR count). The van der Waals surface area contributed by atoms with Crippen LogP contribution in [0.1, 0.15) is 61.8 Å². The van der Waals surface area contributed by atoms with Crippen molar-refractivity contribution in [3.05, 3.63) is 40.7 Å². The van der Waals surface area contributed by atoms with Gasteiger partial charge in [0.25, 0.3) is 0 Å². The predicted molar refractivity (Wildman–Crippen MR) is 117 cm³/mol. The van der Waals surface area contributed by atoms with Gasteiger partial charge in [0.05, 0.1) is 16.7 Å². The summed E-state index contributed by atoms with van der Waals surface area (Å²) >= 11 is 1.30. The number of nitrogens with one attached hydrogen (secondary N) is 1. The van der Waals surface area contributed by atoms with E-state index in [4.69, 9.17) is 5.73 Å². The third-order valence-electron chi connectivity index (χ3n) is 6.67. The molecule has 2 fully saturated rings. The lowest BCUT2D eigenvalue weighted by molar-refractivity contribution is -0.137. The molecule has 2 aromatic rings. The average Bonchev–Trinajstić information content (AvgIpc) is 3.31. The second-order valence-electron chi connectivity index (χ2n) is 8.76. The number of hydrogen-bond donors (Lipinski definition) is 2. The minimum absolute atomic E-state index is 0.0223. The number of anilines is 1. The standard InChI is InChI=1S/C22H28F3N5OS/c23-22(24,25)16-9-15(11-27-13-16)12-28-19(31)21(18-14-32-20(26)29-18)6-5-17(10-21)30-7-3-1-2-4-8-30/h9,11,13-14,17H,1-8,10,12H2,(H2,26,29)(H,28,31). The van der Waals surface area contributed by atoms with Crippen LogP contribution in [0.15, 0.2) is 23.8 Å². The molecule has 0 radical (unpaired) electrons. The molecule has 1 amide bonds. The minimum atomic E-state index is -4.47. The van der Waals surface area contributed by atoms with E-state index in [1.54, 1.807) is 0 Å². The molecule has 3 heterocycles. The zero-order valence-electron chi connectivity index (χ0n) is 17.8. The van der Waals surface area contributed by atoms with Crippen LogP contribution < -0.4 is 11.1 Å². The fourth-order valence-electron chi connectivity index (χ4n) is 4.94. The highest BCUT2D eigenvalue weighted by molar-refractivity contribution is 7.13. The summed E-state index contributed by atoms with van der Waals surface area (Å²) in [6.07, 6.45) is 4.64. The molecule has 1 saturated carbocycles. The van der Waals surface area contributed by atoms with Crippen molar-refractivity contribution >= 4 is 22.4 Å². The maximum atomic E-state index is 13.5. The van der Waals surface area contributed by atoms with Crippen molar-refractivity contribution < 1.29 is 18.0 Å². The van der Waals surface area contributed by atoms with E-state index in [0.717, 1.165) is 31.8 Å². The first-order valence-corrected chi connectivity index (χ1v) is 11.9. The van der Waals surface area contributed by atoms with Gasteiger partial charge in [0.15, 0.2) is 5.13 Å². The first kappa shape index (κ1) is 23.0. The van der Waals surface area contributed by atoms with Crippen LogP contribution in [-0.4, -0.2) is 39.9 Å². The van der Waals surface area contributed by atoms with Crippen molar-refractivity contribution in [2.45, 2.75) is 69.1 Å². The second-order valence-corrected chi connectivity index (χ2v) is 9.65. The minimum Gasteiger partial charge on any atom is -0.375 e. The number of carbonyl (C=O) groups excluding carboxylic acids is 1. The van der Waals surface area contributed by atoms with Crippen LogP contribution in [0.4, 0.5) is 18.3 Å². The summed E-state index contributed by atoms with van der Waals surface area (Å²) in [4.78, 5) is 24.1. The van der Waals surface area contributed by atoms with Gasteiger partial charge in [0, 0.05) is 30.4 Å². The molecule has 2 unspecified atom stereocenters. The Labute approximate surface area is 189 Å². The summed E-state index contributed by atoms with van der Waals surface area (Å²) in [5.41, 5.74) is 5.20. The van der Waals surface area contributed by atoms with Crippen molar-refractivity contribution in [1.82, 2.24) is 20.2 Å². The molecule has 1 aliphatic heterocycles. The van der Waals surface area contributed by atoms with E-state index in [1.165, 1.54) is 43.2 Å². The van der Waals surface area contributed by atoms with Crippen LogP contribution in [-0.2, 0) is 22.9 Å². The SMILES string of the molecule is Nc1nc(C2(C(=O)NCc3cncc(C(F)(F)F)c3)CCC(N3CCCCCC3)C2)cs1. The van der Waals surface area contributed by atoms with Crippen molar-refractivity contribution in [2.75, 3.05) is 18.8 Å². The Balaban J connectivity index is 1.52. The lowest BCUT2D eigenvalue weighted by Crippen LogP contribution is -2.44. The second kappa shape index (κ2) is 9.35. The number of nitrogens with two attached hydrogens (primary N) is 1. The third kappa shape index (κ3) is 4.91. The molecule has 0 aromatic carbocycles. The summed E-state index contributed by atoms with van der Waals surface area (Å²) in [7, 11) is 0. The summed E-state index contributed by atoms with van der Waals surface area (Å²) in [6, 6.07) is 1.31. The fourth-order valence-corrected chi connectivity index (χ4v) is 5.61. The molecule has 10 heteroatoms. The Morgan fingerprint density at radius 2 is 2.00 bits per heavy atom. The zero-order valence-corrected chi connectivity index (χ0v) is 18.6. The van der Waals surface area contributed by atoms with Crippen LogP contribution in [0.25, 0.3) is 0 Å². The van der Waals surface area contributed by atoms with Crippen LogP contribution in [0.2, 0.25) is 0 Å². The molecule has 3 N–H and O–H groups in total. The Morgan fingerprint density at radius 1 is 1.25 bits per heavy atom. The van der Waals surface area contributed by atoms with Gasteiger partial charge in [-0.1, -0.05) is 12.8 Å². The van der Waals surface area contributed by atoms with Gasteiger partial charge in [-0.25, -0.2) is 4.98 Å². The number of nitrogens with zero attached hydrogens (tertiary/aromatic N) is 3. The number of rotatable bonds is 5. The fraction of sp³-hybridized carbons (Fsp3) is 0.591. The topological polar surface area (TPSA) is 84.1 Å². The molecule has 2 aliphatic rings. The van der Waals surface area contributed by atoms with Crippen LogP contribution in [0, 0.1) is 0 Å². The van der Waals surface area contributed by atoms with Crippen LogP contribution in [0.5, 0.6) is 0 Å². The number of nitrogen functional groups attached to an aromatic ring is 1. The number of carbonyl (C=O) groups is 1. The number of hydrogen-bond acceptors (Lipinski definition) is 6. The maximum absolute atomic E-state index is 13.5. The van der Waals surface area contributed by atoms with E-state index in [-0.39, 0.29) is 18.5 Å². The predicted octanol–water partition coefficient (Wildman–Crippen LogP) is 4.12. The Bertz CT molecular complexity index is 942. The Kier molecular flexibility index (Phi) is 6.71. The highest BCUT2D eigenvalue weighted by Gasteiger charge is 2.49. The van der Waals surface area contributed by atoms with E-state index in [0.29, 0.717) is 29.2 Å². The van der Waals surface area contributed by atoms with Gasteiger partial charge in [-0.3, -0.25) is 9.78 Å². The van der Waals surface area contributed by atoms with Gasteiger partial charge in [-0.15, -0.1) is 11.3 Å². The van der Waals surface area contributed by atoms with Gasteiger partial charge in [-0.05, 0) is 56.8 Å². The molecule has 2 atom stereocenters. The van der Waals surface area contributed by atoms with Crippen molar-refractivity contribution in [1.29, 1.82) is 0 Å². The molecule has 2 aromatic heterocycles. The van der Waals surface area contributed by atoms with E-state index >= 15 is 0 Å². The summed E-state index contributed by atoms with van der Waals surface area (Å²) < 4.78 is 39.0. The Hall–Kier alpha value is -2.20. The van der Waals surface area contributed by atoms with Gasteiger partial charge in [0.2, 0.25) is 5.91 Å². The van der Waals surface area contributed by atoms with E-state index in [2.05, 4.69) is 20.2 Å². The van der Waals surface area contributed by atoms with Crippen LogP contribution in [0.3, 0.4) is 0 Å². The first-order chi connectivity index (χ1) is 15.3. The lowest BCUT2D eigenvalue weighted by Gasteiger charge is -2.30. The highest BCUT2D eigenvalue weighted by Crippen LogP contribution is 2.44. The molecule has 174 valence electrons. The smallest absolute Gasteiger partial charge is 0.375 e. The lowest BCUT2D eigenvalue weighted by atomic mass is 9.81.